The summed E-state index contributed by atoms with van der Waals surface area (Å²) in [5.74, 6) is 0.591. The van der Waals surface area contributed by atoms with Gasteiger partial charge in [0.15, 0.2) is 5.96 Å². The van der Waals surface area contributed by atoms with E-state index < -0.39 is 0 Å². The summed E-state index contributed by atoms with van der Waals surface area (Å²) in [7, 11) is 0. The van der Waals surface area contributed by atoms with Gasteiger partial charge in [-0.2, -0.15) is 0 Å². The predicted octanol–water partition coefficient (Wildman–Crippen LogP) is 3.23. The quantitative estimate of drug-likeness (QED) is 0.264. The molecule has 1 fully saturated rings. The van der Waals surface area contributed by atoms with Gasteiger partial charge < -0.3 is 20.3 Å². The first-order valence-corrected chi connectivity index (χ1v) is 9.99. The number of ether oxygens (including phenoxy) is 1. The van der Waals surface area contributed by atoms with E-state index in [1.54, 1.807) is 11.3 Å². The highest BCUT2D eigenvalue weighted by Crippen LogP contribution is 2.24. The molecule has 0 bridgehead atoms. The number of piperidine rings is 1. The lowest BCUT2D eigenvalue weighted by Crippen LogP contribution is -2.48. The van der Waals surface area contributed by atoms with Crippen LogP contribution in [0.25, 0.3) is 0 Å². The maximum atomic E-state index is 11.6. The lowest BCUT2D eigenvalue weighted by Gasteiger charge is -2.33. The molecular formula is C18H31IN4O2S. The van der Waals surface area contributed by atoms with Gasteiger partial charge >= 0.3 is 5.97 Å². The Morgan fingerprint density at radius 2 is 2.15 bits per heavy atom. The van der Waals surface area contributed by atoms with E-state index in [0.717, 1.165) is 38.4 Å². The zero-order valence-electron chi connectivity index (χ0n) is 15.9. The third-order valence-electron chi connectivity index (χ3n) is 3.95. The number of anilines is 1. The van der Waals surface area contributed by atoms with Crippen molar-refractivity contribution in [1.82, 2.24) is 10.6 Å². The number of rotatable bonds is 7. The van der Waals surface area contributed by atoms with Gasteiger partial charge in [-0.25, -0.2) is 0 Å². The highest BCUT2D eigenvalue weighted by molar-refractivity contribution is 14.0. The van der Waals surface area contributed by atoms with Crippen LogP contribution in [0, 0.1) is 0 Å². The third kappa shape index (κ3) is 8.11. The Kier molecular flexibility index (Phi) is 11.0. The molecule has 0 aromatic carbocycles. The fourth-order valence-corrected chi connectivity index (χ4v) is 3.57. The van der Waals surface area contributed by atoms with E-state index in [-0.39, 0.29) is 36.0 Å². The van der Waals surface area contributed by atoms with Crippen molar-refractivity contribution in [3.63, 3.8) is 0 Å². The Labute approximate surface area is 177 Å². The molecule has 0 amide bonds. The van der Waals surface area contributed by atoms with Crippen LogP contribution in [0.3, 0.4) is 0 Å². The standard InChI is InChI=1S/C18H30N4O2S.HI/c1-4-19-18(20-10-7-17(23)24-14(2)3)21-15-8-11-22(12-9-15)16-6-5-13-25-16;/h5-6,13-15H,4,7-12H2,1-3H3,(H2,19,20,21);1H. The second-order valence-corrected chi connectivity index (χ2v) is 7.33. The Bertz CT molecular complexity index is 543. The van der Waals surface area contributed by atoms with Crippen molar-refractivity contribution < 1.29 is 9.53 Å². The fraction of sp³-hybridized carbons (Fsp3) is 0.667. The zero-order chi connectivity index (χ0) is 18.1. The Morgan fingerprint density at radius 3 is 2.73 bits per heavy atom. The first-order valence-electron chi connectivity index (χ1n) is 9.11. The lowest BCUT2D eigenvalue weighted by atomic mass is 10.1. The number of nitrogens with zero attached hydrogens (tertiary/aromatic N) is 2. The lowest BCUT2D eigenvalue weighted by molar-refractivity contribution is -0.147. The molecule has 1 aromatic heterocycles. The molecule has 6 nitrogen and oxygen atoms in total. The molecule has 8 heteroatoms. The van der Waals surface area contributed by atoms with E-state index in [0.29, 0.717) is 19.0 Å². The highest BCUT2D eigenvalue weighted by Gasteiger charge is 2.20. The van der Waals surface area contributed by atoms with Crippen LogP contribution in [-0.2, 0) is 9.53 Å². The van der Waals surface area contributed by atoms with Gasteiger partial charge in [-0.15, -0.1) is 35.3 Å². The number of esters is 1. The minimum absolute atomic E-state index is 0. The average molecular weight is 494 g/mol. The number of guanidine groups is 1. The van der Waals surface area contributed by atoms with Gasteiger partial charge in [-0.1, -0.05) is 0 Å². The summed E-state index contributed by atoms with van der Waals surface area (Å²) in [6, 6.07) is 4.70. The maximum absolute atomic E-state index is 11.6. The third-order valence-corrected chi connectivity index (χ3v) is 4.88. The van der Waals surface area contributed by atoms with Crippen LogP contribution in [0.2, 0.25) is 0 Å². The predicted molar refractivity (Wildman–Crippen MR) is 120 cm³/mol. The Balaban J connectivity index is 0.00000338. The van der Waals surface area contributed by atoms with Crippen LogP contribution >= 0.6 is 35.3 Å². The van der Waals surface area contributed by atoms with Crippen molar-refractivity contribution in [2.24, 2.45) is 4.99 Å². The van der Waals surface area contributed by atoms with Crippen molar-refractivity contribution in [2.45, 2.75) is 52.2 Å². The smallest absolute Gasteiger partial charge is 0.307 e. The topological polar surface area (TPSA) is 66.0 Å². The van der Waals surface area contributed by atoms with Crippen LogP contribution in [0.4, 0.5) is 5.00 Å². The van der Waals surface area contributed by atoms with E-state index >= 15 is 0 Å². The zero-order valence-corrected chi connectivity index (χ0v) is 19.0. The van der Waals surface area contributed by atoms with Crippen molar-refractivity contribution in [1.29, 1.82) is 0 Å². The molecule has 1 saturated heterocycles. The second-order valence-electron chi connectivity index (χ2n) is 6.41. The molecule has 0 atom stereocenters. The first kappa shape index (κ1) is 23.0. The monoisotopic (exact) mass is 494 g/mol. The van der Waals surface area contributed by atoms with Crippen LogP contribution in [-0.4, -0.2) is 50.3 Å². The van der Waals surface area contributed by atoms with E-state index in [4.69, 9.17) is 4.74 Å². The van der Waals surface area contributed by atoms with Gasteiger partial charge in [-0.05, 0) is 51.1 Å². The number of carbonyl (C=O) groups excluding carboxylic acids is 1. The molecule has 1 aliphatic rings. The van der Waals surface area contributed by atoms with Crippen molar-refractivity contribution in [3.05, 3.63) is 17.5 Å². The number of carbonyl (C=O) groups is 1. The van der Waals surface area contributed by atoms with Gasteiger partial charge in [0, 0.05) is 25.7 Å². The number of hydrogen-bond acceptors (Lipinski definition) is 5. The molecule has 2 heterocycles. The van der Waals surface area contributed by atoms with Crippen LogP contribution in [0.5, 0.6) is 0 Å². The summed E-state index contributed by atoms with van der Waals surface area (Å²) in [6.45, 7) is 9.11. The van der Waals surface area contributed by atoms with Gasteiger partial charge in [0.1, 0.15) is 0 Å². The molecule has 148 valence electrons. The normalized spacial score (nSPS) is 15.5. The molecular weight excluding hydrogens is 463 g/mol. The molecule has 2 rings (SSSR count). The van der Waals surface area contributed by atoms with Crippen LogP contribution in [0.1, 0.15) is 40.0 Å². The van der Waals surface area contributed by atoms with Gasteiger partial charge in [-0.3, -0.25) is 9.79 Å². The molecule has 1 aromatic rings. The second kappa shape index (κ2) is 12.4. The van der Waals surface area contributed by atoms with E-state index in [1.807, 2.05) is 20.8 Å². The molecule has 0 spiro atoms. The molecule has 0 saturated carbocycles. The van der Waals surface area contributed by atoms with Crippen LogP contribution in [0.15, 0.2) is 22.5 Å². The van der Waals surface area contributed by atoms with Gasteiger partial charge in [0.05, 0.1) is 24.1 Å². The molecule has 1 aliphatic heterocycles. The Morgan fingerprint density at radius 1 is 1.42 bits per heavy atom. The van der Waals surface area contributed by atoms with Gasteiger partial charge in [0.25, 0.3) is 0 Å². The summed E-state index contributed by atoms with van der Waals surface area (Å²) < 4.78 is 5.14. The van der Waals surface area contributed by atoms with Gasteiger partial charge in [0.2, 0.25) is 0 Å². The fourth-order valence-electron chi connectivity index (χ4n) is 2.79. The minimum Gasteiger partial charge on any atom is -0.463 e. The minimum atomic E-state index is -0.196. The number of nitrogens with one attached hydrogen (secondary N) is 2. The molecule has 0 aliphatic carbocycles. The van der Waals surface area contributed by atoms with Crippen molar-refractivity contribution >= 4 is 52.2 Å². The summed E-state index contributed by atoms with van der Waals surface area (Å²) in [6.07, 6.45) is 2.40. The summed E-state index contributed by atoms with van der Waals surface area (Å²) in [5, 5.41) is 10.2. The van der Waals surface area contributed by atoms with E-state index in [2.05, 4.69) is 38.0 Å². The SMILES string of the molecule is CCNC(=NCCC(=O)OC(C)C)NC1CCN(c2cccs2)CC1.I. The molecule has 0 radical (unpaired) electrons. The Hall–Kier alpha value is -1.03. The number of aliphatic imine (C=N–C) groups is 1. The highest BCUT2D eigenvalue weighted by atomic mass is 127. The average Bonchev–Trinajstić information content (AvgIpc) is 3.09. The number of thiophene rings is 1. The summed E-state index contributed by atoms with van der Waals surface area (Å²) >= 11 is 1.80. The van der Waals surface area contributed by atoms with Crippen molar-refractivity contribution in [2.75, 3.05) is 31.1 Å². The number of hydrogen-bond donors (Lipinski definition) is 2. The first-order chi connectivity index (χ1) is 12.1. The molecule has 2 N–H and O–H groups in total. The number of halogens is 1. The molecule has 0 unspecified atom stereocenters. The van der Waals surface area contributed by atoms with Crippen LogP contribution < -0.4 is 15.5 Å². The molecule has 26 heavy (non-hydrogen) atoms. The maximum Gasteiger partial charge on any atom is 0.307 e. The largest absolute Gasteiger partial charge is 0.463 e. The summed E-state index contributed by atoms with van der Waals surface area (Å²) in [4.78, 5) is 18.5. The van der Waals surface area contributed by atoms with E-state index in [9.17, 15) is 4.79 Å². The summed E-state index contributed by atoms with van der Waals surface area (Å²) in [5.41, 5.74) is 0. The van der Waals surface area contributed by atoms with E-state index in [1.165, 1.54) is 5.00 Å². The van der Waals surface area contributed by atoms with Crippen molar-refractivity contribution in [3.8, 4) is 0 Å².